The molecular weight excluding hydrogens is 274 g/mol. The Morgan fingerprint density at radius 1 is 1.15 bits per heavy atom. The van der Waals surface area contributed by atoms with Gasteiger partial charge in [0.2, 0.25) is 10.0 Å². The van der Waals surface area contributed by atoms with Gasteiger partial charge in [0.25, 0.3) is 0 Å². The van der Waals surface area contributed by atoms with Crippen molar-refractivity contribution in [3.05, 3.63) is 59.9 Å². The van der Waals surface area contributed by atoms with Gasteiger partial charge < -0.3 is 0 Å². The van der Waals surface area contributed by atoms with Gasteiger partial charge in [-0.1, -0.05) is 12.1 Å². The summed E-state index contributed by atoms with van der Waals surface area (Å²) in [5, 5.41) is 8.93. The summed E-state index contributed by atoms with van der Waals surface area (Å²) in [4.78, 5) is 3.88. The van der Waals surface area contributed by atoms with Crippen molar-refractivity contribution in [1.82, 2.24) is 4.98 Å². The Morgan fingerprint density at radius 3 is 2.55 bits per heavy atom. The van der Waals surface area contributed by atoms with E-state index in [-0.39, 0.29) is 5.75 Å². The maximum atomic E-state index is 12.0. The minimum Gasteiger partial charge on any atom is -0.282 e. The van der Waals surface area contributed by atoms with Crippen LogP contribution in [-0.2, 0) is 16.4 Å². The Balaban J connectivity index is 2.06. The molecule has 1 N–H and O–H groups in total. The van der Waals surface area contributed by atoms with E-state index in [1.54, 1.807) is 48.8 Å². The van der Waals surface area contributed by atoms with E-state index in [0.717, 1.165) is 5.56 Å². The maximum Gasteiger partial charge on any atom is 0.233 e. The number of nitrogens with zero attached hydrogens (tertiary/aromatic N) is 2. The number of aromatic nitrogens is 1. The molecule has 6 heteroatoms. The molecule has 5 nitrogen and oxygen atoms in total. The highest BCUT2D eigenvalue weighted by atomic mass is 32.2. The summed E-state index contributed by atoms with van der Waals surface area (Å²) in [6.07, 6.45) is 3.65. The number of hydrogen-bond acceptors (Lipinski definition) is 4. The number of nitriles is 1. The highest BCUT2D eigenvalue weighted by Gasteiger charge is 2.12. The Morgan fingerprint density at radius 2 is 1.85 bits per heavy atom. The number of benzene rings is 1. The Kier molecular flexibility index (Phi) is 4.33. The lowest BCUT2D eigenvalue weighted by atomic mass is 10.2. The largest absolute Gasteiger partial charge is 0.282 e. The van der Waals surface area contributed by atoms with Gasteiger partial charge in [-0.3, -0.25) is 9.71 Å². The van der Waals surface area contributed by atoms with Crippen LogP contribution in [0.3, 0.4) is 0 Å². The van der Waals surface area contributed by atoms with Crippen molar-refractivity contribution in [2.45, 2.75) is 6.42 Å². The fourth-order valence-corrected chi connectivity index (χ4v) is 2.81. The highest BCUT2D eigenvalue weighted by Crippen LogP contribution is 2.15. The number of sulfonamides is 1. The van der Waals surface area contributed by atoms with E-state index in [0.29, 0.717) is 17.7 Å². The smallest absolute Gasteiger partial charge is 0.233 e. The van der Waals surface area contributed by atoms with Crippen LogP contribution < -0.4 is 4.72 Å². The van der Waals surface area contributed by atoms with E-state index < -0.39 is 10.0 Å². The zero-order valence-corrected chi connectivity index (χ0v) is 11.5. The second kappa shape index (κ2) is 6.17. The molecule has 0 saturated carbocycles. The zero-order chi connectivity index (χ0) is 14.4. The predicted molar refractivity (Wildman–Crippen MR) is 76.5 cm³/mol. The third-order valence-corrected chi connectivity index (χ3v) is 3.99. The minimum absolute atomic E-state index is 0.0449. The zero-order valence-electron chi connectivity index (χ0n) is 10.7. The average molecular weight is 287 g/mol. The fourth-order valence-electron chi connectivity index (χ4n) is 1.69. The van der Waals surface area contributed by atoms with Gasteiger partial charge in [0.1, 0.15) is 6.07 Å². The molecule has 0 radical (unpaired) electrons. The van der Waals surface area contributed by atoms with E-state index >= 15 is 0 Å². The molecule has 0 bridgehead atoms. The predicted octanol–water partition coefficient (Wildman–Crippen LogP) is 1.94. The van der Waals surface area contributed by atoms with Gasteiger partial charge in [0.05, 0.1) is 17.0 Å². The first-order valence-corrected chi connectivity index (χ1v) is 7.64. The monoisotopic (exact) mass is 287 g/mol. The molecule has 0 spiro atoms. The highest BCUT2D eigenvalue weighted by molar-refractivity contribution is 7.92. The van der Waals surface area contributed by atoms with Crippen LogP contribution in [0.1, 0.15) is 11.1 Å². The van der Waals surface area contributed by atoms with Crippen molar-refractivity contribution >= 4 is 15.7 Å². The molecule has 1 aromatic heterocycles. The van der Waals surface area contributed by atoms with Gasteiger partial charge in [-0.2, -0.15) is 5.26 Å². The maximum absolute atomic E-state index is 12.0. The number of pyridine rings is 1. The molecule has 0 amide bonds. The quantitative estimate of drug-likeness (QED) is 0.911. The summed E-state index contributed by atoms with van der Waals surface area (Å²) in [5.74, 6) is -0.0449. The molecule has 0 fully saturated rings. The van der Waals surface area contributed by atoms with Crippen LogP contribution in [0.15, 0.2) is 48.8 Å². The molecule has 0 aliphatic heterocycles. The minimum atomic E-state index is -3.49. The topological polar surface area (TPSA) is 82.9 Å². The molecule has 0 atom stereocenters. The average Bonchev–Trinajstić information content (AvgIpc) is 2.47. The van der Waals surface area contributed by atoms with Crippen molar-refractivity contribution < 1.29 is 8.42 Å². The Bertz CT molecular complexity index is 722. The molecule has 0 aliphatic rings. The lowest BCUT2D eigenvalue weighted by Crippen LogP contribution is -2.18. The fraction of sp³-hybridized carbons (Fsp3) is 0.143. The number of aryl methyl sites for hydroxylation is 1. The van der Waals surface area contributed by atoms with Crippen LogP contribution in [0.5, 0.6) is 0 Å². The van der Waals surface area contributed by atoms with Crippen LogP contribution in [0.25, 0.3) is 0 Å². The van der Waals surface area contributed by atoms with Crippen molar-refractivity contribution in [2.24, 2.45) is 0 Å². The van der Waals surface area contributed by atoms with Crippen molar-refractivity contribution in [3.8, 4) is 6.07 Å². The summed E-state index contributed by atoms with van der Waals surface area (Å²) >= 11 is 0. The third kappa shape index (κ3) is 3.80. The first-order chi connectivity index (χ1) is 9.61. The molecule has 0 aliphatic carbocycles. The molecule has 0 saturated heterocycles. The van der Waals surface area contributed by atoms with E-state index in [9.17, 15) is 8.42 Å². The number of rotatable bonds is 5. The second-order valence-corrected chi connectivity index (χ2v) is 6.03. The Hall–Kier alpha value is -2.39. The summed E-state index contributed by atoms with van der Waals surface area (Å²) < 4.78 is 26.5. The Labute approximate surface area is 118 Å². The standard InChI is InChI=1S/C14H13N3O2S/c15-11-13-3-1-2-4-14(13)17-20(18,19)10-7-12-5-8-16-9-6-12/h1-6,8-9,17H,7,10H2. The molecule has 2 rings (SSSR count). The van der Waals surface area contributed by atoms with Gasteiger partial charge in [-0.15, -0.1) is 0 Å². The van der Waals surface area contributed by atoms with Crippen LogP contribution in [0.2, 0.25) is 0 Å². The van der Waals surface area contributed by atoms with Gasteiger partial charge in [0, 0.05) is 12.4 Å². The molecule has 1 heterocycles. The van der Waals surface area contributed by atoms with Crippen molar-refractivity contribution in [1.29, 1.82) is 5.26 Å². The number of nitrogens with one attached hydrogen (secondary N) is 1. The third-order valence-electron chi connectivity index (χ3n) is 2.72. The summed E-state index contributed by atoms with van der Waals surface area (Å²) in [5.41, 5.74) is 1.52. The van der Waals surface area contributed by atoms with E-state index in [4.69, 9.17) is 5.26 Å². The number of anilines is 1. The van der Waals surface area contributed by atoms with Gasteiger partial charge in [-0.05, 0) is 36.2 Å². The molecule has 102 valence electrons. The van der Waals surface area contributed by atoms with Crippen LogP contribution in [0, 0.1) is 11.3 Å². The molecule has 1 aromatic carbocycles. The first kappa shape index (κ1) is 14.0. The van der Waals surface area contributed by atoms with E-state index in [1.165, 1.54) is 0 Å². The molecular formula is C14H13N3O2S. The number of hydrogen-bond donors (Lipinski definition) is 1. The number of para-hydroxylation sites is 1. The summed E-state index contributed by atoms with van der Waals surface area (Å²) in [6, 6.07) is 12.0. The normalized spacial score (nSPS) is 10.8. The van der Waals surface area contributed by atoms with Crippen LogP contribution in [-0.4, -0.2) is 19.2 Å². The van der Waals surface area contributed by atoms with Crippen molar-refractivity contribution in [2.75, 3.05) is 10.5 Å². The lowest BCUT2D eigenvalue weighted by molar-refractivity contribution is 0.600. The molecule has 20 heavy (non-hydrogen) atoms. The summed E-state index contributed by atoms with van der Waals surface area (Å²) in [7, 11) is -3.49. The second-order valence-electron chi connectivity index (χ2n) is 4.18. The van der Waals surface area contributed by atoms with Crippen LogP contribution >= 0.6 is 0 Å². The van der Waals surface area contributed by atoms with Gasteiger partial charge >= 0.3 is 0 Å². The molecule has 0 unspecified atom stereocenters. The molecule has 2 aromatic rings. The lowest BCUT2D eigenvalue weighted by Gasteiger charge is -2.09. The van der Waals surface area contributed by atoms with Gasteiger partial charge in [-0.25, -0.2) is 8.42 Å². The van der Waals surface area contributed by atoms with E-state index in [1.807, 2.05) is 6.07 Å². The van der Waals surface area contributed by atoms with E-state index in [2.05, 4.69) is 9.71 Å². The first-order valence-electron chi connectivity index (χ1n) is 5.99. The summed E-state index contributed by atoms with van der Waals surface area (Å²) in [6.45, 7) is 0. The van der Waals surface area contributed by atoms with Gasteiger partial charge in [0.15, 0.2) is 0 Å². The SMILES string of the molecule is N#Cc1ccccc1NS(=O)(=O)CCc1ccncc1. The van der Waals surface area contributed by atoms with Crippen molar-refractivity contribution in [3.63, 3.8) is 0 Å². The van der Waals surface area contributed by atoms with Crippen LogP contribution in [0.4, 0.5) is 5.69 Å².